The molecule has 0 radical (unpaired) electrons. The Balaban J connectivity index is 3.54. The van der Waals surface area contributed by atoms with E-state index in [4.69, 9.17) is 0 Å². The number of hydrogen-bond donors (Lipinski definition) is 0. The summed E-state index contributed by atoms with van der Waals surface area (Å²) in [5.41, 5.74) is -2.36. The molecule has 0 saturated heterocycles. The predicted molar refractivity (Wildman–Crippen MR) is 26.3 cm³/mol. The highest BCUT2D eigenvalue weighted by Crippen LogP contribution is 2.31. The van der Waals surface area contributed by atoms with Crippen molar-refractivity contribution in [1.82, 2.24) is 0 Å². The van der Waals surface area contributed by atoms with Gasteiger partial charge < -0.3 is 0 Å². The molecular formula is C2HCl3F2. The van der Waals surface area contributed by atoms with E-state index in [2.05, 4.69) is 34.8 Å². The Labute approximate surface area is 54.3 Å². The van der Waals surface area contributed by atoms with Crippen LogP contribution in [0.3, 0.4) is 0 Å². The van der Waals surface area contributed by atoms with Crippen molar-refractivity contribution in [1.29, 1.82) is 0 Å². The molecule has 7 heavy (non-hydrogen) atoms. The minimum atomic E-state index is -2.96. The number of alkyl halides is 5. The highest BCUT2D eigenvalue weighted by molar-refractivity contribution is 6.50. The van der Waals surface area contributed by atoms with E-state index in [9.17, 15) is 8.78 Å². The lowest BCUT2D eigenvalue weighted by molar-refractivity contribution is 0.269. The second-order valence-corrected chi connectivity index (χ2v) is 2.52. The molecule has 0 aliphatic rings. The standard InChI is InChI=1S/C2HCl3F2/c3-1(6)2(4,5)7/h1H/t1-/m0/s1. The molecule has 0 saturated carbocycles. The van der Waals surface area contributed by atoms with Crippen molar-refractivity contribution in [3.8, 4) is 0 Å². The predicted octanol–water partition coefficient (Wildman–Crippen LogP) is 2.62. The van der Waals surface area contributed by atoms with Gasteiger partial charge in [-0.25, -0.2) is 8.78 Å². The van der Waals surface area contributed by atoms with Crippen LogP contribution in [-0.2, 0) is 0 Å². The molecule has 0 aliphatic heterocycles. The van der Waals surface area contributed by atoms with Crippen LogP contribution in [-0.4, -0.2) is 10.2 Å². The first-order chi connectivity index (χ1) is 2.94. The van der Waals surface area contributed by atoms with Gasteiger partial charge in [-0.2, -0.15) is 0 Å². The van der Waals surface area contributed by atoms with Crippen LogP contribution in [0.15, 0.2) is 0 Å². The Morgan fingerprint density at radius 1 is 1.43 bits per heavy atom. The number of hydrogen-bond acceptors (Lipinski definition) is 0. The fraction of sp³-hybridized carbons (Fsp3) is 1.00. The fourth-order valence-corrected chi connectivity index (χ4v) is 0. The average Bonchev–Trinajstić information content (AvgIpc) is 1.31. The lowest BCUT2D eigenvalue weighted by Crippen LogP contribution is -2.14. The lowest BCUT2D eigenvalue weighted by atomic mass is 10.8. The summed E-state index contributed by atoms with van der Waals surface area (Å²) in [5.74, 6) is 0. The molecule has 0 N–H and O–H groups in total. The normalized spacial score (nSPS) is 16.7. The van der Waals surface area contributed by atoms with Crippen molar-refractivity contribution in [2.75, 3.05) is 0 Å². The molecule has 0 bridgehead atoms. The zero-order valence-electron chi connectivity index (χ0n) is 2.97. The molecular weight excluding hydrogens is 168 g/mol. The molecule has 1 atom stereocenters. The molecule has 0 aromatic carbocycles. The highest BCUT2D eigenvalue weighted by atomic mass is 35.5. The highest BCUT2D eigenvalue weighted by Gasteiger charge is 2.32. The molecule has 0 unspecified atom stereocenters. The van der Waals surface area contributed by atoms with Crippen LogP contribution in [0.25, 0.3) is 0 Å². The largest absolute Gasteiger partial charge is 0.302 e. The van der Waals surface area contributed by atoms with E-state index < -0.39 is 10.2 Å². The smallest absolute Gasteiger partial charge is 0.223 e. The maximum Gasteiger partial charge on any atom is 0.302 e. The van der Waals surface area contributed by atoms with E-state index in [0.717, 1.165) is 0 Å². The summed E-state index contributed by atoms with van der Waals surface area (Å²) in [6, 6.07) is 0. The molecule has 44 valence electrons. The van der Waals surface area contributed by atoms with Crippen molar-refractivity contribution < 1.29 is 8.78 Å². The van der Waals surface area contributed by atoms with Crippen LogP contribution in [0.2, 0.25) is 0 Å². The Bertz CT molecular complexity index is 56.4. The van der Waals surface area contributed by atoms with Crippen LogP contribution in [0, 0.1) is 0 Å². The zero-order valence-corrected chi connectivity index (χ0v) is 5.23. The second-order valence-electron chi connectivity index (χ2n) is 0.842. The molecule has 0 heterocycles. The van der Waals surface area contributed by atoms with E-state index in [1.54, 1.807) is 0 Å². The monoisotopic (exact) mass is 168 g/mol. The van der Waals surface area contributed by atoms with Gasteiger partial charge in [-0.3, -0.25) is 0 Å². The van der Waals surface area contributed by atoms with E-state index in [1.807, 2.05) is 0 Å². The minimum absolute atomic E-state index is 2.36. The molecule has 0 nitrogen and oxygen atoms in total. The van der Waals surface area contributed by atoms with Gasteiger partial charge in [0.05, 0.1) is 0 Å². The van der Waals surface area contributed by atoms with Crippen molar-refractivity contribution in [3.05, 3.63) is 0 Å². The maximum absolute atomic E-state index is 11.5. The summed E-state index contributed by atoms with van der Waals surface area (Å²) < 4.78 is 19.9. The third-order valence-electron chi connectivity index (χ3n) is 0.247. The summed E-state index contributed by atoms with van der Waals surface area (Å²) in [5, 5.41) is 0. The quantitative estimate of drug-likeness (QED) is 0.529. The summed E-state index contributed by atoms with van der Waals surface area (Å²) in [7, 11) is 0. The first kappa shape index (κ1) is 7.73. The van der Waals surface area contributed by atoms with Gasteiger partial charge in [-0.1, -0.05) is 34.8 Å². The first-order valence-electron chi connectivity index (χ1n) is 1.29. The van der Waals surface area contributed by atoms with Gasteiger partial charge in [0, 0.05) is 0 Å². The topological polar surface area (TPSA) is 0 Å². The van der Waals surface area contributed by atoms with Crippen LogP contribution >= 0.6 is 34.8 Å². The van der Waals surface area contributed by atoms with E-state index in [-0.39, 0.29) is 0 Å². The van der Waals surface area contributed by atoms with Gasteiger partial charge >= 0.3 is 4.59 Å². The van der Waals surface area contributed by atoms with Crippen LogP contribution in [0.5, 0.6) is 0 Å². The van der Waals surface area contributed by atoms with E-state index in [0.29, 0.717) is 0 Å². The van der Waals surface area contributed by atoms with Gasteiger partial charge in [0.2, 0.25) is 5.63 Å². The fourth-order valence-electron chi connectivity index (χ4n) is 0. The third kappa shape index (κ3) is 3.32. The van der Waals surface area contributed by atoms with Crippen LogP contribution < -0.4 is 0 Å². The second kappa shape index (κ2) is 2.33. The Morgan fingerprint density at radius 2 is 1.57 bits per heavy atom. The van der Waals surface area contributed by atoms with Crippen molar-refractivity contribution in [3.63, 3.8) is 0 Å². The molecule has 0 spiro atoms. The van der Waals surface area contributed by atoms with Crippen molar-refractivity contribution in [2.24, 2.45) is 0 Å². The van der Waals surface area contributed by atoms with Gasteiger partial charge in [-0.05, 0) is 0 Å². The Hall–Kier alpha value is 0.730. The summed E-state index contributed by atoms with van der Waals surface area (Å²) in [6.45, 7) is 0. The van der Waals surface area contributed by atoms with E-state index in [1.165, 1.54) is 0 Å². The molecule has 0 fully saturated rings. The minimum Gasteiger partial charge on any atom is -0.223 e. The molecule has 0 aliphatic carbocycles. The molecule has 5 heteroatoms. The first-order valence-corrected chi connectivity index (χ1v) is 2.48. The Morgan fingerprint density at radius 3 is 1.57 bits per heavy atom. The summed E-state index contributed by atoms with van der Waals surface area (Å²) in [4.78, 5) is 0. The zero-order chi connectivity index (χ0) is 6.08. The van der Waals surface area contributed by atoms with Crippen molar-refractivity contribution in [2.45, 2.75) is 10.2 Å². The summed E-state index contributed by atoms with van der Waals surface area (Å²) >= 11 is 13.4. The molecule has 0 amide bonds. The number of halogens is 5. The third-order valence-corrected chi connectivity index (χ3v) is 1.15. The lowest BCUT2D eigenvalue weighted by Gasteiger charge is -2.05. The van der Waals surface area contributed by atoms with Gasteiger partial charge in [0.25, 0.3) is 0 Å². The Kier molecular flexibility index (Phi) is 2.58. The molecule has 0 rings (SSSR count). The van der Waals surface area contributed by atoms with Crippen molar-refractivity contribution >= 4 is 34.8 Å². The van der Waals surface area contributed by atoms with Gasteiger partial charge in [0.1, 0.15) is 0 Å². The van der Waals surface area contributed by atoms with E-state index >= 15 is 0 Å². The molecule has 0 aromatic rings. The van der Waals surface area contributed by atoms with Gasteiger partial charge in [-0.15, -0.1) is 0 Å². The van der Waals surface area contributed by atoms with Crippen LogP contribution in [0.4, 0.5) is 8.78 Å². The summed E-state index contributed by atoms with van der Waals surface area (Å²) in [6.07, 6.45) is 0. The van der Waals surface area contributed by atoms with Crippen LogP contribution in [0.1, 0.15) is 0 Å². The maximum atomic E-state index is 11.5. The van der Waals surface area contributed by atoms with Gasteiger partial charge in [0.15, 0.2) is 0 Å². The SMILES string of the molecule is F[C@H](Cl)C(F)(Cl)Cl. The molecule has 0 aromatic heterocycles. The number of rotatable bonds is 1. The average molecular weight is 169 g/mol.